The van der Waals surface area contributed by atoms with Crippen LogP contribution in [-0.2, 0) is 0 Å². The van der Waals surface area contributed by atoms with E-state index in [0.717, 1.165) is 30.9 Å². The smallest absolute Gasteiger partial charge is 0.142 e. The second kappa shape index (κ2) is 3.88. The molecule has 1 aliphatic heterocycles. The van der Waals surface area contributed by atoms with Crippen LogP contribution in [0.5, 0.6) is 5.75 Å². The molecule has 0 radical (unpaired) electrons. The van der Waals surface area contributed by atoms with Gasteiger partial charge in [0.25, 0.3) is 0 Å². The van der Waals surface area contributed by atoms with Gasteiger partial charge in [-0.1, -0.05) is 12.1 Å². The van der Waals surface area contributed by atoms with Gasteiger partial charge in [0.15, 0.2) is 0 Å². The van der Waals surface area contributed by atoms with Gasteiger partial charge < -0.3 is 15.8 Å². The zero-order valence-electron chi connectivity index (χ0n) is 8.42. The third-order valence-electron chi connectivity index (χ3n) is 2.82. The fraction of sp³-hybridized carbons (Fsp3) is 0.455. The fourth-order valence-electron chi connectivity index (χ4n) is 2.02. The van der Waals surface area contributed by atoms with Crippen LogP contribution in [0.2, 0.25) is 0 Å². The molecule has 3 nitrogen and oxygen atoms in total. The number of hydrogen-bond donors (Lipinski definition) is 2. The topological polar surface area (TPSA) is 47.3 Å². The molecule has 1 aromatic carbocycles. The summed E-state index contributed by atoms with van der Waals surface area (Å²) in [5.74, 6) is 1.33. The van der Waals surface area contributed by atoms with Gasteiger partial charge in [0, 0.05) is 6.54 Å². The van der Waals surface area contributed by atoms with E-state index in [0.29, 0.717) is 5.92 Å². The Hall–Kier alpha value is -1.22. The average molecular weight is 192 g/mol. The third kappa shape index (κ3) is 1.55. The zero-order chi connectivity index (χ0) is 9.97. The van der Waals surface area contributed by atoms with Crippen molar-refractivity contribution in [2.45, 2.75) is 12.3 Å². The summed E-state index contributed by atoms with van der Waals surface area (Å²) in [6.45, 7) is 2.11. The molecule has 0 saturated carbocycles. The highest BCUT2D eigenvalue weighted by Crippen LogP contribution is 2.33. The van der Waals surface area contributed by atoms with Crippen LogP contribution >= 0.6 is 0 Å². The zero-order valence-corrected chi connectivity index (χ0v) is 8.42. The lowest BCUT2D eigenvalue weighted by atomic mass is 9.96. The Morgan fingerprint density at radius 2 is 2.36 bits per heavy atom. The van der Waals surface area contributed by atoms with Gasteiger partial charge in [-0.05, 0) is 30.5 Å². The standard InChI is InChI=1S/C11H16N2O/c1-14-10-4-2-3-9(11(10)12)8-5-6-13-7-8/h2-4,8,13H,5-7,12H2,1H3. The van der Waals surface area contributed by atoms with Crippen LogP contribution in [0.15, 0.2) is 18.2 Å². The van der Waals surface area contributed by atoms with Crippen LogP contribution in [0.1, 0.15) is 17.9 Å². The van der Waals surface area contributed by atoms with Crippen molar-refractivity contribution in [2.75, 3.05) is 25.9 Å². The first-order valence-corrected chi connectivity index (χ1v) is 4.96. The second-order valence-corrected chi connectivity index (χ2v) is 3.65. The molecule has 14 heavy (non-hydrogen) atoms. The number of anilines is 1. The molecule has 1 aromatic rings. The number of rotatable bonds is 2. The lowest BCUT2D eigenvalue weighted by Crippen LogP contribution is -2.09. The maximum absolute atomic E-state index is 6.02. The molecule has 0 aliphatic carbocycles. The van der Waals surface area contributed by atoms with Gasteiger partial charge in [-0.15, -0.1) is 0 Å². The normalized spacial score (nSPS) is 21.1. The van der Waals surface area contributed by atoms with Crippen molar-refractivity contribution in [1.82, 2.24) is 5.32 Å². The molecule has 1 saturated heterocycles. The summed E-state index contributed by atoms with van der Waals surface area (Å²) in [4.78, 5) is 0. The Balaban J connectivity index is 2.32. The summed E-state index contributed by atoms with van der Waals surface area (Å²) in [6, 6.07) is 6.00. The summed E-state index contributed by atoms with van der Waals surface area (Å²) >= 11 is 0. The van der Waals surface area contributed by atoms with E-state index in [2.05, 4.69) is 11.4 Å². The second-order valence-electron chi connectivity index (χ2n) is 3.65. The molecule has 1 fully saturated rings. The molecule has 3 heteroatoms. The van der Waals surface area contributed by atoms with E-state index in [9.17, 15) is 0 Å². The maximum atomic E-state index is 6.02. The predicted molar refractivity (Wildman–Crippen MR) is 57.6 cm³/mol. The van der Waals surface area contributed by atoms with Crippen LogP contribution in [-0.4, -0.2) is 20.2 Å². The molecule has 1 unspecified atom stereocenters. The molecule has 0 bridgehead atoms. The number of hydrogen-bond acceptors (Lipinski definition) is 3. The Morgan fingerprint density at radius 3 is 3.00 bits per heavy atom. The molecule has 76 valence electrons. The summed E-state index contributed by atoms with van der Waals surface area (Å²) in [6.07, 6.45) is 1.16. The van der Waals surface area contributed by atoms with Crippen LogP contribution in [0, 0.1) is 0 Å². The van der Waals surface area contributed by atoms with Crippen LogP contribution < -0.4 is 15.8 Å². The molecule has 1 atom stereocenters. The number of methoxy groups -OCH3 is 1. The summed E-state index contributed by atoms with van der Waals surface area (Å²) < 4.78 is 5.20. The summed E-state index contributed by atoms with van der Waals surface area (Å²) in [5, 5.41) is 3.34. The first-order chi connectivity index (χ1) is 6.83. The molecular formula is C11H16N2O. The van der Waals surface area contributed by atoms with E-state index in [1.54, 1.807) is 7.11 Å². The number of benzene rings is 1. The van der Waals surface area contributed by atoms with Gasteiger partial charge in [0.1, 0.15) is 5.75 Å². The maximum Gasteiger partial charge on any atom is 0.142 e. The molecule has 0 aromatic heterocycles. The number of nitrogen functional groups attached to an aromatic ring is 1. The minimum Gasteiger partial charge on any atom is -0.495 e. The molecular weight excluding hydrogens is 176 g/mol. The van der Waals surface area contributed by atoms with Crippen molar-refractivity contribution < 1.29 is 4.74 Å². The number of para-hydroxylation sites is 1. The van der Waals surface area contributed by atoms with E-state index >= 15 is 0 Å². The van der Waals surface area contributed by atoms with Crippen molar-refractivity contribution in [2.24, 2.45) is 0 Å². The van der Waals surface area contributed by atoms with Gasteiger partial charge in [-0.3, -0.25) is 0 Å². The number of nitrogens with two attached hydrogens (primary N) is 1. The Morgan fingerprint density at radius 1 is 1.50 bits per heavy atom. The van der Waals surface area contributed by atoms with Gasteiger partial charge in [-0.25, -0.2) is 0 Å². The Kier molecular flexibility index (Phi) is 2.59. The first-order valence-electron chi connectivity index (χ1n) is 4.96. The highest BCUT2D eigenvalue weighted by Gasteiger charge is 2.19. The monoisotopic (exact) mass is 192 g/mol. The quantitative estimate of drug-likeness (QED) is 0.695. The molecule has 1 aliphatic rings. The lowest BCUT2D eigenvalue weighted by molar-refractivity contribution is 0.416. The minimum absolute atomic E-state index is 0.546. The van der Waals surface area contributed by atoms with Gasteiger partial charge in [0.2, 0.25) is 0 Å². The van der Waals surface area contributed by atoms with E-state index in [1.165, 1.54) is 5.56 Å². The van der Waals surface area contributed by atoms with Crippen molar-refractivity contribution in [1.29, 1.82) is 0 Å². The van der Waals surface area contributed by atoms with Gasteiger partial charge >= 0.3 is 0 Å². The fourth-order valence-corrected chi connectivity index (χ4v) is 2.02. The molecule has 0 amide bonds. The summed E-state index contributed by atoms with van der Waals surface area (Å²) in [7, 11) is 1.66. The van der Waals surface area contributed by atoms with E-state index in [-0.39, 0.29) is 0 Å². The van der Waals surface area contributed by atoms with E-state index in [4.69, 9.17) is 10.5 Å². The number of ether oxygens (including phenoxy) is 1. The first kappa shape index (κ1) is 9.34. The third-order valence-corrected chi connectivity index (χ3v) is 2.82. The SMILES string of the molecule is COc1cccc(C2CCNC2)c1N. The lowest BCUT2D eigenvalue weighted by Gasteiger charge is -2.14. The van der Waals surface area contributed by atoms with E-state index in [1.807, 2.05) is 12.1 Å². The Labute approximate surface area is 84.3 Å². The molecule has 2 rings (SSSR count). The molecule has 3 N–H and O–H groups in total. The van der Waals surface area contributed by atoms with E-state index < -0.39 is 0 Å². The Bertz CT molecular complexity index is 319. The van der Waals surface area contributed by atoms with Gasteiger partial charge in [-0.2, -0.15) is 0 Å². The molecule has 0 spiro atoms. The van der Waals surface area contributed by atoms with Gasteiger partial charge in [0.05, 0.1) is 12.8 Å². The highest BCUT2D eigenvalue weighted by molar-refractivity contribution is 5.59. The van der Waals surface area contributed by atoms with Crippen molar-refractivity contribution in [3.05, 3.63) is 23.8 Å². The summed E-state index contributed by atoms with van der Waals surface area (Å²) in [5.41, 5.74) is 8.03. The van der Waals surface area contributed by atoms with Crippen LogP contribution in [0.3, 0.4) is 0 Å². The van der Waals surface area contributed by atoms with Crippen LogP contribution in [0.4, 0.5) is 5.69 Å². The van der Waals surface area contributed by atoms with Crippen molar-refractivity contribution in [3.8, 4) is 5.75 Å². The average Bonchev–Trinajstić information content (AvgIpc) is 2.71. The molecule has 1 heterocycles. The number of nitrogens with one attached hydrogen (secondary N) is 1. The van der Waals surface area contributed by atoms with Crippen molar-refractivity contribution >= 4 is 5.69 Å². The van der Waals surface area contributed by atoms with Crippen molar-refractivity contribution in [3.63, 3.8) is 0 Å². The predicted octanol–water partition coefficient (Wildman–Crippen LogP) is 1.35. The van der Waals surface area contributed by atoms with Crippen LogP contribution in [0.25, 0.3) is 0 Å². The highest BCUT2D eigenvalue weighted by atomic mass is 16.5. The largest absolute Gasteiger partial charge is 0.495 e. The minimum atomic E-state index is 0.546.